The number of amides is 1. The fourth-order valence-corrected chi connectivity index (χ4v) is 8.34. The third-order valence-corrected chi connectivity index (χ3v) is 10.5. The van der Waals surface area contributed by atoms with Crippen molar-refractivity contribution in [3.05, 3.63) is 100 Å². The lowest BCUT2D eigenvalue weighted by Gasteiger charge is -2.33. The highest BCUT2D eigenvalue weighted by Crippen LogP contribution is 2.57. The lowest BCUT2D eigenvalue weighted by molar-refractivity contribution is -0.348. The van der Waals surface area contributed by atoms with E-state index in [2.05, 4.69) is 0 Å². The second-order valence-corrected chi connectivity index (χ2v) is 12.4. The van der Waals surface area contributed by atoms with Crippen molar-refractivity contribution < 1.29 is 52.7 Å². The summed E-state index contributed by atoms with van der Waals surface area (Å²) in [5.41, 5.74) is -8.88. The number of alkyl halides is 7. The monoisotopic (exact) mass is 632 g/mol. The zero-order chi connectivity index (χ0) is 31.8. The summed E-state index contributed by atoms with van der Waals surface area (Å²) in [5.74, 6) is -2.73. The largest absolute Gasteiger partial charge is 0.435 e. The summed E-state index contributed by atoms with van der Waals surface area (Å²) in [7, 11) is -4.67. The summed E-state index contributed by atoms with van der Waals surface area (Å²) in [6.45, 7) is -0.304. The van der Waals surface area contributed by atoms with Gasteiger partial charge in [-0.05, 0) is 66.4 Å². The molecule has 15 heteroatoms. The maximum Gasteiger partial charge on any atom is 0.435 e. The van der Waals surface area contributed by atoms with Crippen molar-refractivity contribution in [1.29, 1.82) is 5.26 Å². The SMILES string of the molecule is N#Cc1cc(F)cc(C(=O)N2CCC3(S(=O)(=O)c4ccc(F)cc4)c4ccc(C(F)(C(F)(F)F)C(F)(F)F)cc4CC23)c1. The van der Waals surface area contributed by atoms with Gasteiger partial charge in [0.15, 0.2) is 9.84 Å². The minimum atomic E-state index is -6.43. The summed E-state index contributed by atoms with van der Waals surface area (Å²) in [4.78, 5) is 14.1. The fourth-order valence-electron chi connectivity index (χ4n) is 6.00. The van der Waals surface area contributed by atoms with Gasteiger partial charge in [-0.15, -0.1) is 0 Å². The number of carbonyl (C=O) groups excluding carboxylic acids is 1. The Morgan fingerprint density at radius 3 is 2.09 bits per heavy atom. The van der Waals surface area contributed by atoms with Gasteiger partial charge in [0.05, 0.1) is 22.6 Å². The summed E-state index contributed by atoms with van der Waals surface area (Å²) in [6, 6.07) is 7.50. The van der Waals surface area contributed by atoms with Gasteiger partial charge in [-0.25, -0.2) is 21.6 Å². The Balaban J connectivity index is 1.71. The van der Waals surface area contributed by atoms with Crippen LogP contribution in [0.1, 0.15) is 39.0 Å². The topological polar surface area (TPSA) is 78.2 Å². The number of hydrogen-bond donors (Lipinski definition) is 0. The molecule has 1 heterocycles. The third kappa shape index (κ3) is 4.37. The van der Waals surface area contributed by atoms with Crippen molar-refractivity contribution in [2.75, 3.05) is 6.54 Å². The van der Waals surface area contributed by atoms with Crippen LogP contribution in [0, 0.1) is 23.0 Å². The predicted octanol–water partition coefficient (Wildman–Crippen LogP) is 6.27. The van der Waals surface area contributed by atoms with Crippen molar-refractivity contribution in [2.45, 2.75) is 46.5 Å². The first-order chi connectivity index (χ1) is 19.9. The molecule has 2 unspecified atom stereocenters. The molecule has 1 aliphatic heterocycles. The van der Waals surface area contributed by atoms with Crippen LogP contribution in [-0.4, -0.2) is 44.2 Å². The van der Waals surface area contributed by atoms with Crippen LogP contribution in [0.4, 0.5) is 39.5 Å². The normalized spacial score (nSPS) is 20.5. The molecule has 1 amide bonds. The number of carbonyl (C=O) groups is 1. The van der Waals surface area contributed by atoms with Crippen molar-refractivity contribution in [3.63, 3.8) is 0 Å². The van der Waals surface area contributed by atoms with Crippen molar-refractivity contribution >= 4 is 15.7 Å². The number of halogens is 9. The van der Waals surface area contributed by atoms with E-state index in [4.69, 9.17) is 5.26 Å². The number of benzene rings is 3. The van der Waals surface area contributed by atoms with Crippen molar-refractivity contribution in [1.82, 2.24) is 4.90 Å². The Hall–Kier alpha value is -4.06. The van der Waals surface area contributed by atoms with Gasteiger partial charge in [0.1, 0.15) is 16.4 Å². The second kappa shape index (κ2) is 9.73. The van der Waals surface area contributed by atoms with Gasteiger partial charge >= 0.3 is 18.0 Å². The van der Waals surface area contributed by atoms with Crippen LogP contribution in [-0.2, 0) is 26.7 Å². The minimum Gasteiger partial charge on any atom is -0.333 e. The molecule has 226 valence electrons. The predicted molar refractivity (Wildman–Crippen MR) is 131 cm³/mol. The number of likely N-dealkylation sites (tertiary alicyclic amines) is 1. The average molecular weight is 633 g/mol. The van der Waals surface area contributed by atoms with Crippen LogP contribution in [0.2, 0.25) is 0 Å². The van der Waals surface area contributed by atoms with Gasteiger partial charge in [0.25, 0.3) is 5.91 Å². The van der Waals surface area contributed by atoms with E-state index in [1.165, 1.54) is 0 Å². The van der Waals surface area contributed by atoms with Crippen LogP contribution in [0.3, 0.4) is 0 Å². The standard InChI is InChI=1S/C28H17F9N2O3S/c29-19-2-4-21(5-3-19)43(41,42)25-7-8-39(24(40)17-9-15(14-38)10-20(30)12-17)23(25)13-16-11-18(1-6-22(16)25)26(31,27(32,33)34)28(35,36)37/h1-6,9-12,23H,7-8,13H2. The molecule has 0 bridgehead atoms. The molecular formula is C28H17F9N2O3S. The first-order valence-corrected chi connectivity index (χ1v) is 13.8. The third-order valence-electron chi connectivity index (χ3n) is 7.93. The summed E-state index contributed by atoms with van der Waals surface area (Å²) >= 11 is 0. The summed E-state index contributed by atoms with van der Waals surface area (Å²) < 4.78 is 150. The molecule has 2 atom stereocenters. The van der Waals surface area contributed by atoms with E-state index in [-0.39, 0.29) is 35.4 Å². The van der Waals surface area contributed by atoms with Crippen LogP contribution < -0.4 is 0 Å². The zero-order valence-corrected chi connectivity index (χ0v) is 22.2. The number of hydrogen-bond acceptors (Lipinski definition) is 4. The highest BCUT2D eigenvalue weighted by molar-refractivity contribution is 7.92. The van der Waals surface area contributed by atoms with Gasteiger partial charge in [-0.3, -0.25) is 4.79 Å². The Morgan fingerprint density at radius 2 is 1.51 bits per heavy atom. The molecule has 1 fully saturated rings. The van der Waals surface area contributed by atoms with E-state index in [1.54, 1.807) is 6.07 Å². The molecule has 5 nitrogen and oxygen atoms in total. The Morgan fingerprint density at radius 1 is 0.884 bits per heavy atom. The van der Waals surface area contributed by atoms with E-state index in [0.717, 1.165) is 47.4 Å². The first kappa shape index (κ1) is 30.4. The molecule has 3 aromatic rings. The van der Waals surface area contributed by atoms with Crippen molar-refractivity contribution in [2.24, 2.45) is 0 Å². The van der Waals surface area contributed by atoms with E-state index in [0.29, 0.717) is 6.07 Å². The van der Waals surface area contributed by atoms with E-state index >= 15 is 0 Å². The van der Waals surface area contributed by atoms with Crippen LogP contribution in [0.25, 0.3) is 0 Å². The molecule has 0 saturated carbocycles. The van der Waals surface area contributed by atoms with Gasteiger partial charge in [-0.1, -0.05) is 18.2 Å². The Kier molecular flexibility index (Phi) is 6.88. The highest BCUT2D eigenvalue weighted by Gasteiger charge is 2.74. The van der Waals surface area contributed by atoms with Crippen molar-refractivity contribution in [3.8, 4) is 6.07 Å². The second-order valence-electron chi connectivity index (χ2n) is 10.2. The highest BCUT2D eigenvalue weighted by atomic mass is 32.2. The van der Waals surface area contributed by atoms with Crippen LogP contribution in [0.15, 0.2) is 65.6 Å². The number of fused-ring (bicyclic) bond motifs is 3. The molecule has 3 aromatic carbocycles. The lowest BCUT2D eigenvalue weighted by Crippen LogP contribution is -2.50. The van der Waals surface area contributed by atoms with Gasteiger partial charge in [0.2, 0.25) is 0 Å². The molecular weight excluding hydrogens is 615 g/mol. The van der Waals surface area contributed by atoms with E-state index in [1.807, 2.05) is 0 Å². The molecule has 1 saturated heterocycles. The van der Waals surface area contributed by atoms with Gasteiger partial charge in [0, 0.05) is 17.7 Å². The van der Waals surface area contributed by atoms with Crippen LogP contribution in [0.5, 0.6) is 0 Å². The van der Waals surface area contributed by atoms with Gasteiger partial charge < -0.3 is 4.90 Å². The first-order valence-electron chi connectivity index (χ1n) is 12.4. The van der Waals surface area contributed by atoms with Gasteiger partial charge in [-0.2, -0.15) is 31.6 Å². The molecule has 0 aromatic heterocycles. The van der Waals surface area contributed by atoms with E-state index < -0.39 is 85.1 Å². The molecule has 1 aliphatic carbocycles. The molecule has 2 aliphatic rings. The maximum absolute atomic E-state index is 14.9. The molecule has 0 radical (unpaired) electrons. The molecule has 5 rings (SSSR count). The average Bonchev–Trinajstić information content (AvgIpc) is 3.46. The number of nitrogens with zero attached hydrogens (tertiary/aromatic N) is 2. The number of sulfone groups is 1. The molecule has 0 N–H and O–H groups in total. The number of rotatable bonds is 4. The fraction of sp³-hybridized carbons (Fsp3) is 0.286. The summed E-state index contributed by atoms with van der Waals surface area (Å²) in [6.07, 6.45) is -13.9. The number of nitriles is 1. The maximum atomic E-state index is 14.9. The Labute approximate surface area is 238 Å². The quantitative estimate of drug-likeness (QED) is 0.251. The molecule has 43 heavy (non-hydrogen) atoms. The molecule has 0 spiro atoms. The zero-order valence-electron chi connectivity index (χ0n) is 21.4. The van der Waals surface area contributed by atoms with Crippen LogP contribution >= 0.6 is 0 Å². The lowest BCUT2D eigenvalue weighted by atomic mass is 9.90. The summed E-state index contributed by atoms with van der Waals surface area (Å²) in [5, 5.41) is 9.16. The minimum absolute atomic E-state index is 0.209. The van der Waals surface area contributed by atoms with E-state index in [9.17, 15) is 52.7 Å². The Bertz CT molecular complexity index is 1770. The smallest absolute Gasteiger partial charge is 0.333 e.